The molecule has 0 spiro atoms. The lowest BCUT2D eigenvalue weighted by Crippen LogP contribution is -2.49. The molecule has 1 heterocycles. The Morgan fingerprint density at radius 3 is 2.32 bits per heavy atom. The van der Waals surface area contributed by atoms with Gasteiger partial charge in [0.25, 0.3) is 0 Å². The quantitative estimate of drug-likeness (QED) is 0.825. The van der Waals surface area contributed by atoms with Gasteiger partial charge in [0, 0.05) is 36.9 Å². The second-order valence-electron chi connectivity index (χ2n) is 4.81. The molecule has 0 saturated carbocycles. The van der Waals surface area contributed by atoms with E-state index in [0.29, 0.717) is 31.2 Å². The van der Waals surface area contributed by atoms with E-state index in [4.69, 9.17) is 11.6 Å². The van der Waals surface area contributed by atoms with Crippen LogP contribution in [0, 0.1) is 6.92 Å². The molecule has 2 nitrogen and oxygen atoms in total. The van der Waals surface area contributed by atoms with E-state index in [0.717, 1.165) is 11.3 Å². The summed E-state index contributed by atoms with van der Waals surface area (Å²) in [6.07, 6.45) is -4.12. The van der Waals surface area contributed by atoms with Gasteiger partial charge in [-0.15, -0.1) is 0 Å². The Labute approximate surface area is 115 Å². The van der Waals surface area contributed by atoms with E-state index in [1.165, 1.54) is 4.90 Å². The van der Waals surface area contributed by atoms with Crippen LogP contribution >= 0.6 is 11.6 Å². The van der Waals surface area contributed by atoms with E-state index in [2.05, 4.69) is 4.90 Å². The Morgan fingerprint density at radius 2 is 1.79 bits per heavy atom. The van der Waals surface area contributed by atoms with Crippen molar-refractivity contribution in [3.63, 3.8) is 0 Å². The molecule has 0 amide bonds. The van der Waals surface area contributed by atoms with E-state index >= 15 is 0 Å². The summed E-state index contributed by atoms with van der Waals surface area (Å²) >= 11 is 6.06. The molecule has 0 radical (unpaired) electrons. The zero-order valence-electron chi connectivity index (χ0n) is 10.7. The molecule has 1 saturated heterocycles. The van der Waals surface area contributed by atoms with Crippen molar-refractivity contribution in [2.45, 2.75) is 13.1 Å². The van der Waals surface area contributed by atoms with Crippen LogP contribution in [0.4, 0.5) is 18.9 Å². The molecule has 1 aliphatic rings. The van der Waals surface area contributed by atoms with E-state index in [9.17, 15) is 13.2 Å². The summed E-state index contributed by atoms with van der Waals surface area (Å²) in [5, 5.41) is 0.690. The highest BCUT2D eigenvalue weighted by Gasteiger charge is 2.32. The highest BCUT2D eigenvalue weighted by molar-refractivity contribution is 6.31. The van der Waals surface area contributed by atoms with Crippen LogP contribution in [0.5, 0.6) is 0 Å². The van der Waals surface area contributed by atoms with Crippen molar-refractivity contribution in [3.8, 4) is 0 Å². The molecule has 0 unspecified atom stereocenters. The van der Waals surface area contributed by atoms with Gasteiger partial charge in [0.15, 0.2) is 0 Å². The van der Waals surface area contributed by atoms with Crippen LogP contribution in [0.3, 0.4) is 0 Å². The molecule has 0 aromatic heterocycles. The van der Waals surface area contributed by atoms with Crippen molar-refractivity contribution < 1.29 is 13.2 Å². The fourth-order valence-electron chi connectivity index (χ4n) is 2.20. The number of alkyl halides is 3. The molecule has 19 heavy (non-hydrogen) atoms. The zero-order chi connectivity index (χ0) is 14.0. The van der Waals surface area contributed by atoms with E-state index in [-0.39, 0.29) is 0 Å². The smallest absolute Gasteiger partial charge is 0.369 e. The van der Waals surface area contributed by atoms with Crippen LogP contribution in [0.2, 0.25) is 5.02 Å². The number of anilines is 1. The van der Waals surface area contributed by atoms with Crippen molar-refractivity contribution in [2.24, 2.45) is 0 Å². The molecule has 0 N–H and O–H groups in total. The first kappa shape index (κ1) is 14.5. The Bertz CT molecular complexity index is 440. The first-order chi connectivity index (χ1) is 8.85. The number of aryl methyl sites for hydroxylation is 1. The summed E-state index contributed by atoms with van der Waals surface area (Å²) in [7, 11) is 0. The Kier molecular flexibility index (Phi) is 4.26. The molecule has 1 aliphatic heterocycles. The lowest BCUT2D eigenvalue weighted by molar-refractivity contribution is -0.146. The van der Waals surface area contributed by atoms with Crippen LogP contribution in [-0.2, 0) is 0 Å². The molecular weight excluding hydrogens is 277 g/mol. The van der Waals surface area contributed by atoms with Crippen LogP contribution in [0.25, 0.3) is 0 Å². The molecule has 106 valence electrons. The highest BCUT2D eigenvalue weighted by Crippen LogP contribution is 2.25. The summed E-state index contributed by atoms with van der Waals surface area (Å²) in [5.74, 6) is 0. The molecule has 0 bridgehead atoms. The summed E-state index contributed by atoms with van der Waals surface area (Å²) in [6, 6.07) is 5.76. The lowest BCUT2D eigenvalue weighted by atomic mass is 10.2. The molecule has 1 aromatic rings. The van der Waals surface area contributed by atoms with E-state index in [1.807, 2.05) is 25.1 Å². The molecular formula is C13H16ClF3N2. The fraction of sp³-hybridized carbons (Fsp3) is 0.538. The van der Waals surface area contributed by atoms with Gasteiger partial charge in [0.05, 0.1) is 6.54 Å². The van der Waals surface area contributed by atoms with Gasteiger partial charge in [-0.25, -0.2) is 0 Å². The van der Waals surface area contributed by atoms with Crippen molar-refractivity contribution in [1.29, 1.82) is 0 Å². The number of rotatable bonds is 2. The largest absolute Gasteiger partial charge is 0.401 e. The number of piperazine rings is 1. The SMILES string of the molecule is Cc1ccc(N2CCN(CC(F)(F)F)CC2)cc1Cl. The summed E-state index contributed by atoms with van der Waals surface area (Å²) < 4.78 is 36.9. The first-order valence-corrected chi connectivity index (χ1v) is 6.53. The monoisotopic (exact) mass is 292 g/mol. The normalized spacial score (nSPS) is 17.8. The molecule has 1 fully saturated rings. The zero-order valence-corrected chi connectivity index (χ0v) is 11.4. The number of hydrogen-bond donors (Lipinski definition) is 0. The summed E-state index contributed by atoms with van der Waals surface area (Å²) in [5.41, 5.74) is 1.98. The molecule has 2 rings (SSSR count). The van der Waals surface area contributed by atoms with E-state index in [1.54, 1.807) is 0 Å². The van der Waals surface area contributed by atoms with Gasteiger partial charge in [0.2, 0.25) is 0 Å². The van der Waals surface area contributed by atoms with Crippen molar-refractivity contribution in [2.75, 3.05) is 37.6 Å². The van der Waals surface area contributed by atoms with Gasteiger partial charge < -0.3 is 4.90 Å². The fourth-order valence-corrected chi connectivity index (χ4v) is 2.37. The summed E-state index contributed by atoms with van der Waals surface area (Å²) in [6.45, 7) is 3.13. The topological polar surface area (TPSA) is 6.48 Å². The minimum atomic E-state index is -4.12. The maximum absolute atomic E-state index is 12.3. The minimum absolute atomic E-state index is 0.422. The maximum atomic E-state index is 12.3. The van der Waals surface area contributed by atoms with Crippen LogP contribution < -0.4 is 4.90 Å². The third-order valence-electron chi connectivity index (χ3n) is 3.30. The van der Waals surface area contributed by atoms with Gasteiger partial charge in [-0.05, 0) is 24.6 Å². The van der Waals surface area contributed by atoms with Crippen LogP contribution in [0.15, 0.2) is 18.2 Å². The molecule has 0 atom stereocenters. The van der Waals surface area contributed by atoms with Crippen LogP contribution in [0.1, 0.15) is 5.56 Å². The third kappa shape index (κ3) is 4.01. The minimum Gasteiger partial charge on any atom is -0.369 e. The number of nitrogens with zero attached hydrogens (tertiary/aromatic N) is 2. The number of halogens is 4. The highest BCUT2D eigenvalue weighted by atomic mass is 35.5. The Balaban J connectivity index is 1.94. The number of hydrogen-bond acceptors (Lipinski definition) is 2. The average Bonchev–Trinajstić information content (AvgIpc) is 2.32. The maximum Gasteiger partial charge on any atom is 0.401 e. The third-order valence-corrected chi connectivity index (χ3v) is 3.70. The lowest BCUT2D eigenvalue weighted by Gasteiger charge is -2.36. The molecule has 0 aliphatic carbocycles. The first-order valence-electron chi connectivity index (χ1n) is 6.15. The average molecular weight is 293 g/mol. The van der Waals surface area contributed by atoms with E-state index < -0.39 is 12.7 Å². The molecule has 6 heteroatoms. The predicted octanol–water partition coefficient (Wildman–Crippen LogP) is 3.33. The molecule has 1 aromatic carbocycles. The predicted molar refractivity (Wildman–Crippen MR) is 70.9 cm³/mol. The van der Waals surface area contributed by atoms with Crippen molar-refractivity contribution >= 4 is 17.3 Å². The standard InChI is InChI=1S/C13H16ClF3N2/c1-10-2-3-11(8-12(10)14)19-6-4-18(5-7-19)9-13(15,16)17/h2-3,8H,4-7,9H2,1H3. The second-order valence-corrected chi connectivity index (χ2v) is 5.22. The van der Waals surface area contributed by atoms with Crippen molar-refractivity contribution in [1.82, 2.24) is 4.90 Å². The van der Waals surface area contributed by atoms with Gasteiger partial charge in [0.1, 0.15) is 0 Å². The van der Waals surface area contributed by atoms with Crippen LogP contribution in [-0.4, -0.2) is 43.8 Å². The Morgan fingerprint density at radius 1 is 1.16 bits per heavy atom. The second kappa shape index (κ2) is 5.59. The van der Waals surface area contributed by atoms with Crippen molar-refractivity contribution in [3.05, 3.63) is 28.8 Å². The number of benzene rings is 1. The van der Waals surface area contributed by atoms with Gasteiger partial charge >= 0.3 is 6.18 Å². The van der Waals surface area contributed by atoms with Gasteiger partial charge in [-0.1, -0.05) is 17.7 Å². The van der Waals surface area contributed by atoms with Gasteiger partial charge in [-0.2, -0.15) is 13.2 Å². The summed E-state index contributed by atoms with van der Waals surface area (Å²) in [4.78, 5) is 3.50. The van der Waals surface area contributed by atoms with Gasteiger partial charge in [-0.3, -0.25) is 4.90 Å². The Hall–Kier alpha value is -0.940.